The molecule has 30 heavy (non-hydrogen) atoms. The number of anilines is 1. The number of piperazine rings is 1. The van der Waals surface area contributed by atoms with E-state index in [2.05, 4.69) is 11.4 Å². The molecule has 0 aromatic heterocycles. The Labute approximate surface area is 177 Å². The van der Waals surface area contributed by atoms with E-state index < -0.39 is 0 Å². The summed E-state index contributed by atoms with van der Waals surface area (Å²) >= 11 is 0. The maximum absolute atomic E-state index is 12.7. The molecule has 0 unspecified atom stereocenters. The van der Waals surface area contributed by atoms with Crippen molar-refractivity contribution in [2.45, 2.75) is 13.0 Å². The minimum Gasteiger partial charge on any atom is -0.497 e. The number of nitrogens with zero attached hydrogens (tertiary/aromatic N) is 1. The molecule has 2 aromatic rings. The molecule has 0 bridgehead atoms. The third-order valence-electron chi connectivity index (χ3n) is 5.69. The van der Waals surface area contributed by atoms with E-state index in [1.54, 1.807) is 25.3 Å². The van der Waals surface area contributed by atoms with Gasteiger partial charge in [0.15, 0.2) is 6.04 Å². The molecule has 1 atom stereocenters. The standard InChI is InChI=1S/C23H28N4O3/c1-18(23(28)25-22-6-4-3-5-19(22)17-24)27-13-11-26(12-14-27)15-16-30-21-9-7-20(29-2)8-10-21/h3-10,18H,11-16H2,1-2H3,(H,25,28)/p+2/t18-/m0/s1. The van der Waals surface area contributed by atoms with E-state index in [0.717, 1.165) is 44.2 Å². The quantitative estimate of drug-likeness (QED) is 0.561. The maximum atomic E-state index is 12.7. The van der Waals surface area contributed by atoms with Gasteiger partial charge in [-0.2, -0.15) is 5.26 Å². The summed E-state index contributed by atoms with van der Waals surface area (Å²) in [5, 5.41) is 12.1. The fourth-order valence-corrected chi connectivity index (χ4v) is 3.71. The van der Waals surface area contributed by atoms with E-state index in [-0.39, 0.29) is 11.9 Å². The van der Waals surface area contributed by atoms with E-state index in [1.165, 1.54) is 9.80 Å². The van der Waals surface area contributed by atoms with Crippen molar-refractivity contribution in [1.82, 2.24) is 0 Å². The van der Waals surface area contributed by atoms with Gasteiger partial charge in [0.2, 0.25) is 0 Å². The topological polar surface area (TPSA) is 80.2 Å². The van der Waals surface area contributed by atoms with Gasteiger partial charge in [0.1, 0.15) is 56.9 Å². The van der Waals surface area contributed by atoms with Crippen molar-refractivity contribution in [3.63, 3.8) is 0 Å². The zero-order chi connectivity index (χ0) is 21.3. The Morgan fingerprint density at radius 1 is 1.10 bits per heavy atom. The molecule has 0 radical (unpaired) electrons. The van der Waals surface area contributed by atoms with Gasteiger partial charge in [-0.15, -0.1) is 0 Å². The molecule has 1 heterocycles. The summed E-state index contributed by atoms with van der Waals surface area (Å²) in [5.41, 5.74) is 1.07. The Hall–Kier alpha value is -3.08. The van der Waals surface area contributed by atoms with Gasteiger partial charge in [0.25, 0.3) is 5.91 Å². The molecular formula is C23H30N4O3+2. The molecule has 2 aromatic carbocycles. The van der Waals surface area contributed by atoms with Crippen molar-refractivity contribution < 1.29 is 24.1 Å². The van der Waals surface area contributed by atoms with Gasteiger partial charge in [-0.1, -0.05) is 12.1 Å². The average molecular weight is 411 g/mol. The SMILES string of the molecule is COc1ccc(OCC[NH+]2CC[NH+]([C@@H](C)C(=O)Nc3ccccc3C#N)CC2)cc1. The van der Waals surface area contributed by atoms with Crippen LogP contribution in [0.1, 0.15) is 12.5 Å². The lowest BCUT2D eigenvalue weighted by molar-refractivity contribution is -1.02. The van der Waals surface area contributed by atoms with Gasteiger partial charge in [-0.05, 0) is 43.3 Å². The zero-order valence-electron chi connectivity index (χ0n) is 17.6. The summed E-state index contributed by atoms with van der Waals surface area (Å²) < 4.78 is 11.0. The van der Waals surface area contributed by atoms with E-state index in [4.69, 9.17) is 9.47 Å². The highest BCUT2D eigenvalue weighted by molar-refractivity contribution is 5.94. The first-order chi connectivity index (χ1) is 14.6. The van der Waals surface area contributed by atoms with Crippen LogP contribution in [0.25, 0.3) is 0 Å². The van der Waals surface area contributed by atoms with Crippen molar-refractivity contribution in [3.8, 4) is 17.6 Å². The Morgan fingerprint density at radius 2 is 1.77 bits per heavy atom. The Kier molecular flexibility index (Phi) is 7.66. The van der Waals surface area contributed by atoms with Crippen LogP contribution in [-0.4, -0.2) is 58.4 Å². The van der Waals surface area contributed by atoms with E-state index >= 15 is 0 Å². The Balaban J connectivity index is 1.40. The van der Waals surface area contributed by atoms with Gasteiger partial charge in [-0.3, -0.25) is 4.79 Å². The van der Waals surface area contributed by atoms with Gasteiger partial charge in [0, 0.05) is 0 Å². The largest absolute Gasteiger partial charge is 0.497 e. The number of quaternary nitrogens is 2. The highest BCUT2D eigenvalue weighted by atomic mass is 16.5. The lowest BCUT2D eigenvalue weighted by Crippen LogP contribution is -3.30. The number of carbonyl (C=O) groups excluding carboxylic acids is 1. The van der Waals surface area contributed by atoms with Crippen LogP contribution in [0, 0.1) is 11.3 Å². The number of nitriles is 1. The van der Waals surface area contributed by atoms with Gasteiger partial charge in [-0.25, -0.2) is 0 Å². The van der Waals surface area contributed by atoms with Crippen molar-refractivity contribution in [2.75, 3.05) is 51.8 Å². The lowest BCUT2D eigenvalue weighted by atomic mass is 10.1. The molecule has 1 fully saturated rings. The van der Waals surface area contributed by atoms with Gasteiger partial charge >= 0.3 is 0 Å². The van der Waals surface area contributed by atoms with Crippen molar-refractivity contribution in [1.29, 1.82) is 5.26 Å². The summed E-state index contributed by atoms with van der Waals surface area (Å²) in [6, 6.07) is 16.7. The summed E-state index contributed by atoms with van der Waals surface area (Å²) in [6.07, 6.45) is 0. The van der Waals surface area contributed by atoms with Crippen molar-refractivity contribution in [3.05, 3.63) is 54.1 Å². The lowest BCUT2D eigenvalue weighted by Gasteiger charge is -2.32. The summed E-state index contributed by atoms with van der Waals surface area (Å²) in [4.78, 5) is 15.4. The number of rotatable bonds is 8. The highest BCUT2D eigenvalue weighted by Gasteiger charge is 2.31. The Bertz CT molecular complexity index is 871. The van der Waals surface area contributed by atoms with Crippen LogP contribution < -0.4 is 24.6 Å². The molecule has 158 valence electrons. The molecule has 1 amide bonds. The monoisotopic (exact) mass is 410 g/mol. The van der Waals surface area contributed by atoms with E-state index in [0.29, 0.717) is 17.9 Å². The molecule has 1 aliphatic rings. The van der Waals surface area contributed by atoms with E-state index in [1.807, 2.05) is 37.3 Å². The first-order valence-electron chi connectivity index (χ1n) is 10.4. The molecule has 0 spiro atoms. The molecule has 3 N–H and O–H groups in total. The van der Waals surface area contributed by atoms with E-state index in [9.17, 15) is 10.1 Å². The molecular weight excluding hydrogens is 380 g/mol. The first kappa shape index (κ1) is 21.6. The van der Waals surface area contributed by atoms with Crippen molar-refractivity contribution in [2.24, 2.45) is 0 Å². The number of ether oxygens (including phenoxy) is 2. The van der Waals surface area contributed by atoms with Crippen LogP contribution in [0.2, 0.25) is 0 Å². The molecule has 1 saturated heterocycles. The minimum absolute atomic E-state index is 0.0426. The number of carbonyl (C=O) groups is 1. The summed E-state index contributed by atoms with van der Waals surface area (Å²) in [5.74, 6) is 1.63. The summed E-state index contributed by atoms with van der Waals surface area (Å²) in [7, 11) is 1.65. The molecule has 7 heteroatoms. The minimum atomic E-state index is -0.158. The normalized spacial score (nSPS) is 19.4. The van der Waals surface area contributed by atoms with Crippen LogP contribution >= 0.6 is 0 Å². The molecule has 3 rings (SSSR count). The Morgan fingerprint density at radius 3 is 2.43 bits per heavy atom. The van der Waals surface area contributed by atoms with Gasteiger partial charge in [0.05, 0.1) is 18.4 Å². The number of hydrogen-bond acceptors (Lipinski definition) is 4. The van der Waals surface area contributed by atoms with Crippen LogP contribution in [0.4, 0.5) is 5.69 Å². The highest BCUT2D eigenvalue weighted by Crippen LogP contribution is 2.16. The molecule has 0 saturated carbocycles. The second kappa shape index (κ2) is 10.6. The number of methoxy groups -OCH3 is 1. The third-order valence-corrected chi connectivity index (χ3v) is 5.69. The number of para-hydroxylation sites is 1. The van der Waals surface area contributed by atoms with Crippen LogP contribution in [-0.2, 0) is 4.79 Å². The maximum Gasteiger partial charge on any atom is 0.282 e. The zero-order valence-corrected chi connectivity index (χ0v) is 17.6. The average Bonchev–Trinajstić information content (AvgIpc) is 2.80. The number of amides is 1. The molecule has 7 nitrogen and oxygen atoms in total. The first-order valence-corrected chi connectivity index (χ1v) is 10.4. The smallest absolute Gasteiger partial charge is 0.282 e. The van der Waals surface area contributed by atoms with Crippen LogP contribution in [0.3, 0.4) is 0 Å². The third kappa shape index (κ3) is 5.72. The predicted molar refractivity (Wildman–Crippen MR) is 114 cm³/mol. The summed E-state index contributed by atoms with van der Waals surface area (Å²) in [6.45, 7) is 7.45. The second-order valence-electron chi connectivity index (χ2n) is 7.55. The predicted octanol–water partition coefficient (Wildman–Crippen LogP) is -0.244. The number of nitrogens with one attached hydrogen (secondary N) is 3. The number of hydrogen-bond donors (Lipinski definition) is 3. The van der Waals surface area contributed by atoms with Crippen LogP contribution in [0.15, 0.2) is 48.5 Å². The fraction of sp³-hybridized carbons (Fsp3) is 0.391. The molecule has 1 aliphatic heterocycles. The second-order valence-corrected chi connectivity index (χ2v) is 7.55. The van der Waals surface area contributed by atoms with Gasteiger partial charge < -0.3 is 24.6 Å². The van der Waals surface area contributed by atoms with Crippen LogP contribution in [0.5, 0.6) is 11.5 Å². The number of benzene rings is 2. The fourth-order valence-electron chi connectivity index (χ4n) is 3.71. The molecule has 0 aliphatic carbocycles. The van der Waals surface area contributed by atoms with Crippen molar-refractivity contribution >= 4 is 11.6 Å².